The lowest BCUT2D eigenvalue weighted by Crippen LogP contribution is -2.39. The van der Waals surface area contributed by atoms with Crippen molar-refractivity contribution >= 4 is 0 Å². The number of halogens is 3. The molecule has 1 atom stereocenters. The van der Waals surface area contributed by atoms with E-state index in [0.717, 1.165) is 18.5 Å². The van der Waals surface area contributed by atoms with Gasteiger partial charge in [0.15, 0.2) is 0 Å². The second-order valence-electron chi connectivity index (χ2n) is 4.57. The van der Waals surface area contributed by atoms with Crippen molar-refractivity contribution in [3.8, 4) is 0 Å². The molecule has 18 heavy (non-hydrogen) atoms. The molecule has 1 N–H and O–H groups in total. The van der Waals surface area contributed by atoms with Gasteiger partial charge in [0, 0.05) is 19.1 Å². The zero-order valence-corrected chi connectivity index (χ0v) is 10.1. The largest absolute Gasteiger partial charge is 0.401 e. The minimum Gasteiger partial charge on any atom is -0.315 e. The molecular weight excluding hydrogens is 241 g/mol. The number of nitrogens with one attached hydrogen (secondary N) is 1. The molecule has 0 aliphatic carbocycles. The Kier molecular flexibility index (Phi) is 4.24. The molecule has 1 aromatic carbocycles. The molecule has 0 bridgehead atoms. The molecule has 0 radical (unpaired) electrons. The monoisotopic (exact) mass is 258 g/mol. The molecule has 0 aromatic heterocycles. The fraction of sp³-hybridized carbons (Fsp3) is 0.538. The van der Waals surface area contributed by atoms with Crippen LogP contribution in [-0.2, 0) is 0 Å². The molecule has 0 spiro atoms. The van der Waals surface area contributed by atoms with Gasteiger partial charge >= 0.3 is 6.18 Å². The lowest BCUT2D eigenvalue weighted by Gasteiger charge is -2.30. The average molecular weight is 258 g/mol. The molecule has 1 aliphatic rings. The van der Waals surface area contributed by atoms with Crippen LogP contribution in [0.3, 0.4) is 0 Å². The van der Waals surface area contributed by atoms with Gasteiger partial charge in [0.25, 0.3) is 0 Å². The van der Waals surface area contributed by atoms with Crippen LogP contribution in [-0.4, -0.2) is 37.3 Å². The first-order chi connectivity index (χ1) is 8.56. The van der Waals surface area contributed by atoms with Crippen molar-refractivity contribution in [2.75, 3.05) is 26.2 Å². The first-order valence-electron chi connectivity index (χ1n) is 6.13. The minimum absolute atomic E-state index is 0.199. The van der Waals surface area contributed by atoms with Crippen LogP contribution in [0.2, 0.25) is 0 Å². The van der Waals surface area contributed by atoms with Crippen LogP contribution in [0.25, 0.3) is 0 Å². The third kappa shape index (κ3) is 3.71. The van der Waals surface area contributed by atoms with Crippen LogP contribution < -0.4 is 5.32 Å². The van der Waals surface area contributed by atoms with Crippen molar-refractivity contribution in [2.24, 2.45) is 0 Å². The summed E-state index contributed by atoms with van der Waals surface area (Å²) in [4.78, 5) is 1.52. The molecular formula is C13H17F3N2. The molecule has 1 unspecified atom stereocenters. The summed E-state index contributed by atoms with van der Waals surface area (Å²) in [7, 11) is 0. The van der Waals surface area contributed by atoms with E-state index in [0.29, 0.717) is 13.1 Å². The third-order valence-corrected chi connectivity index (χ3v) is 3.14. The maximum absolute atomic E-state index is 12.6. The van der Waals surface area contributed by atoms with Gasteiger partial charge in [0.1, 0.15) is 0 Å². The zero-order valence-electron chi connectivity index (χ0n) is 10.1. The van der Waals surface area contributed by atoms with Crippen LogP contribution in [0.15, 0.2) is 30.3 Å². The Labute approximate surface area is 105 Å². The van der Waals surface area contributed by atoms with Crippen molar-refractivity contribution < 1.29 is 13.2 Å². The molecule has 0 amide bonds. The summed E-state index contributed by atoms with van der Waals surface area (Å²) in [6.07, 6.45) is -3.39. The highest BCUT2D eigenvalue weighted by atomic mass is 19.4. The van der Waals surface area contributed by atoms with E-state index >= 15 is 0 Å². The molecule has 1 heterocycles. The van der Waals surface area contributed by atoms with Crippen LogP contribution in [0.1, 0.15) is 18.0 Å². The van der Waals surface area contributed by atoms with E-state index in [4.69, 9.17) is 0 Å². The molecule has 2 nitrogen and oxygen atoms in total. The number of hydrogen-bond donors (Lipinski definition) is 1. The molecule has 1 aromatic rings. The van der Waals surface area contributed by atoms with E-state index in [1.54, 1.807) is 0 Å². The summed E-state index contributed by atoms with van der Waals surface area (Å²) in [6, 6.07) is 9.19. The van der Waals surface area contributed by atoms with E-state index in [-0.39, 0.29) is 6.04 Å². The summed E-state index contributed by atoms with van der Waals surface area (Å²) < 4.78 is 37.8. The van der Waals surface area contributed by atoms with Gasteiger partial charge in [-0.2, -0.15) is 13.2 Å². The minimum atomic E-state index is -4.14. The summed E-state index contributed by atoms with van der Waals surface area (Å²) in [5.41, 5.74) is 0.941. The molecule has 2 rings (SSSR count). The second kappa shape index (κ2) is 5.71. The maximum atomic E-state index is 12.6. The van der Waals surface area contributed by atoms with E-state index in [2.05, 4.69) is 5.32 Å². The van der Waals surface area contributed by atoms with Crippen molar-refractivity contribution in [3.05, 3.63) is 35.9 Å². The summed E-state index contributed by atoms with van der Waals surface area (Å²) in [5.74, 6) is 0. The van der Waals surface area contributed by atoms with E-state index in [1.807, 2.05) is 30.3 Å². The highest BCUT2D eigenvalue weighted by molar-refractivity contribution is 5.19. The fourth-order valence-electron chi connectivity index (χ4n) is 2.35. The topological polar surface area (TPSA) is 15.3 Å². The summed E-state index contributed by atoms with van der Waals surface area (Å²) >= 11 is 0. The van der Waals surface area contributed by atoms with Crippen molar-refractivity contribution in [2.45, 2.75) is 18.6 Å². The van der Waals surface area contributed by atoms with Gasteiger partial charge in [-0.15, -0.1) is 0 Å². The van der Waals surface area contributed by atoms with Crippen LogP contribution in [0, 0.1) is 0 Å². The van der Waals surface area contributed by atoms with E-state index in [9.17, 15) is 13.2 Å². The van der Waals surface area contributed by atoms with Crippen LogP contribution >= 0.6 is 0 Å². The summed E-state index contributed by atoms with van der Waals surface area (Å²) in [6.45, 7) is 0.984. The lowest BCUT2D eigenvalue weighted by molar-refractivity contribution is -0.150. The van der Waals surface area contributed by atoms with Gasteiger partial charge in [0.05, 0.1) is 6.54 Å². The van der Waals surface area contributed by atoms with Gasteiger partial charge in [-0.3, -0.25) is 4.90 Å². The van der Waals surface area contributed by atoms with Crippen LogP contribution in [0.4, 0.5) is 13.2 Å². The smallest absolute Gasteiger partial charge is 0.315 e. The Balaban J connectivity index is 2.17. The Morgan fingerprint density at radius 1 is 1.22 bits per heavy atom. The second-order valence-corrected chi connectivity index (χ2v) is 4.57. The van der Waals surface area contributed by atoms with Gasteiger partial charge in [0.2, 0.25) is 0 Å². The van der Waals surface area contributed by atoms with Gasteiger partial charge in [-0.25, -0.2) is 0 Å². The zero-order chi connectivity index (χ0) is 13.0. The number of alkyl halides is 3. The fourth-order valence-corrected chi connectivity index (χ4v) is 2.35. The quantitative estimate of drug-likeness (QED) is 0.877. The Hall–Kier alpha value is -1.07. The highest BCUT2D eigenvalue weighted by Crippen LogP contribution is 2.26. The Morgan fingerprint density at radius 3 is 2.61 bits per heavy atom. The molecule has 100 valence electrons. The molecule has 1 aliphatic heterocycles. The van der Waals surface area contributed by atoms with Crippen molar-refractivity contribution in [1.29, 1.82) is 0 Å². The first kappa shape index (κ1) is 13.4. The molecule has 1 fully saturated rings. The van der Waals surface area contributed by atoms with Crippen molar-refractivity contribution in [3.63, 3.8) is 0 Å². The SMILES string of the molecule is FC(F)(F)CN1CCCNCC1c1ccccc1. The van der Waals surface area contributed by atoms with Gasteiger partial charge < -0.3 is 5.32 Å². The predicted molar refractivity (Wildman–Crippen MR) is 64.3 cm³/mol. The normalized spacial score (nSPS) is 22.7. The molecule has 5 heteroatoms. The molecule has 1 saturated heterocycles. The number of hydrogen-bond acceptors (Lipinski definition) is 2. The van der Waals surface area contributed by atoms with Crippen molar-refractivity contribution in [1.82, 2.24) is 10.2 Å². The third-order valence-electron chi connectivity index (χ3n) is 3.14. The van der Waals surface area contributed by atoms with E-state index < -0.39 is 12.7 Å². The first-order valence-corrected chi connectivity index (χ1v) is 6.13. The highest BCUT2D eigenvalue weighted by Gasteiger charge is 2.34. The maximum Gasteiger partial charge on any atom is 0.401 e. The number of rotatable bonds is 2. The Morgan fingerprint density at radius 2 is 1.94 bits per heavy atom. The summed E-state index contributed by atoms with van der Waals surface area (Å²) in [5, 5.41) is 3.20. The van der Waals surface area contributed by atoms with E-state index in [1.165, 1.54) is 4.90 Å². The van der Waals surface area contributed by atoms with Crippen LogP contribution in [0.5, 0.6) is 0 Å². The standard InChI is InChI=1S/C13H17F3N2/c14-13(15,16)10-18-8-4-7-17-9-12(18)11-5-2-1-3-6-11/h1-3,5-6,12,17H,4,7-10H2. The average Bonchev–Trinajstić information content (AvgIpc) is 2.53. The molecule has 0 saturated carbocycles. The van der Waals surface area contributed by atoms with Gasteiger partial charge in [-0.05, 0) is 18.5 Å². The number of benzene rings is 1. The predicted octanol–water partition coefficient (Wildman–Crippen LogP) is 2.59. The Bertz CT molecular complexity index is 364. The number of nitrogens with zero attached hydrogens (tertiary/aromatic N) is 1. The van der Waals surface area contributed by atoms with Gasteiger partial charge in [-0.1, -0.05) is 30.3 Å². The lowest BCUT2D eigenvalue weighted by atomic mass is 10.1.